The third-order valence-corrected chi connectivity index (χ3v) is 4.18. The highest BCUT2D eigenvalue weighted by Crippen LogP contribution is 2.26. The monoisotopic (exact) mass is 231 g/mol. The normalized spacial score (nSPS) is 26.8. The van der Waals surface area contributed by atoms with Gasteiger partial charge in [0, 0.05) is 24.4 Å². The first kappa shape index (κ1) is 13.3. The minimum Gasteiger partial charge on any atom is -0.380 e. The van der Waals surface area contributed by atoms with E-state index in [-0.39, 0.29) is 0 Å². The van der Waals surface area contributed by atoms with Crippen LogP contribution in [0.3, 0.4) is 0 Å². The van der Waals surface area contributed by atoms with Gasteiger partial charge in [0.05, 0.1) is 6.61 Å². The Morgan fingerprint density at radius 2 is 2.07 bits per heavy atom. The summed E-state index contributed by atoms with van der Waals surface area (Å²) >= 11 is 2.02. The average molecular weight is 231 g/mol. The van der Waals surface area contributed by atoms with Gasteiger partial charge in [0.1, 0.15) is 0 Å². The standard InChI is InChI=1S/C12H25NOS/c1-3-9-14-10-8-13-11-6-4-5-7-12(11)15-2/h11-13H,3-10H2,1-2H3. The predicted molar refractivity (Wildman–Crippen MR) is 68.7 cm³/mol. The van der Waals surface area contributed by atoms with Crippen LogP contribution in [0.4, 0.5) is 0 Å². The van der Waals surface area contributed by atoms with Crippen molar-refractivity contribution in [2.75, 3.05) is 26.0 Å². The summed E-state index contributed by atoms with van der Waals surface area (Å²) in [5, 5.41) is 4.46. The number of nitrogens with one attached hydrogen (secondary N) is 1. The van der Waals surface area contributed by atoms with Gasteiger partial charge in [-0.25, -0.2) is 0 Å². The third-order valence-electron chi connectivity index (χ3n) is 3.01. The van der Waals surface area contributed by atoms with Gasteiger partial charge in [-0.3, -0.25) is 0 Å². The molecule has 1 aliphatic carbocycles. The van der Waals surface area contributed by atoms with Crippen molar-refractivity contribution in [3.8, 4) is 0 Å². The van der Waals surface area contributed by atoms with E-state index < -0.39 is 0 Å². The van der Waals surface area contributed by atoms with Gasteiger partial charge in [-0.15, -0.1) is 0 Å². The van der Waals surface area contributed by atoms with E-state index in [0.717, 1.165) is 37.5 Å². The Morgan fingerprint density at radius 1 is 1.27 bits per heavy atom. The molecule has 0 amide bonds. The Morgan fingerprint density at radius 3 is 2.80 bits per heavy atom. The maximum absolute atomic E-state index is 5.47. The molecule has 0 aliphatic heterocycles. The molecule has 1 rings (SSSR count). The molecule has 3 heteroatoms. The predicted octanol–water partition coefficient (Wildman–Crippen LogP) is 2.68. The molecule has 90 valence electrons. The zero-order chi connectivity index (χ0) is 10.9. The lowest BCUT2D eigenvalue weighted by Gasteiger charge is -2.31. The molecule has 15 heavy (non-hydrogen) atoms. The van der Waals surface area contributed by atoms with Gasteiger partial charge >= 0.3 is 0 Å². The van der Waals surface area contributed by atoms with Crippen molar-refractivity contribution in [3.05, 3.63) is 0 Å². The van der Waals surface area contributed by atoms with Crippen LogP contribution in [0, 0.1) is 0 Å². The summed E-state index contributed by atoms with van der Waals surface area (Å²) in [5.41, 5.74) is 0. The van der Waals surface area contributed by atoms with Gasteiger partial charge in [0.2, 0.25) is 0 Å². The maximum Gasteiger partial charge on any atom is 0.0591 e. The molecule has 0 aromatic carbocycles. The quantitative estimate of drug-likeness (QED) is 0.681. The largest absolute Gasteiger partial charge is 0.380 e. The second kappa shape index (κ2) is 8.43. The van der Waals surface area contributed by atoms with E-state index in [9.17, 15) is 0 Å². The Labute approximate surface area is 98.5 Å². The zero-order valence-electron chi connectivity index (χ0n) is 10.1. The highest BCUT2D eigenvalue weighted by Gasteiger charge is 2.23. The maximum atomic E-state index is 5.47. The summed E-state index contributed by atoms with van der Waals surface area (Å²) in [6.45, 7) is 4.93. The van der Waals surface area contributed by atoms with E-state index in [1.807, 2.05) is 11.8 Å². The number of hydrogen-bond acceptors (Lipinski definition) is 3. The van der Waals surface area contributed by atoms with Crippen LogP contribution in [-0.4, -0.2) is 37.3 Å². The van der Waals surface area contributed by atoms with Gasteiger partial charge in [-0.2, -0.15) is 11.8 Å². The Kier molecular flexibility index (Phi) is 7.49. The summed E-state index contributed by atoms with van der Waals surface area (Å²) in [6, 6.07) is 0.721. The van der Waals surface area contributed by atoms with Crippen molar-refractivity contribution in [2.45, 2.75) is 50.3 Å². The molecule has 0 spiro atoms. The molecule has 2 unspecified atom stereocenters. The average Bonchev–Trinajstić information content (AvgIpc) is 2.29. The summed E-state index contributed by atoms with van der Waals surface area (Å²) in [6.07, 6.45) is 8.89. The molecule has 0 heterocycles. The highest BCUT2D eigenvalue weighted by molar-refractivity contribution is 7.99. The Bertz CT molecular complexity index is 155. The van der Waals surface area contributed by atoms with Crippen molar-refractivity contribution in [2.24, 2.45) is 0 Å². The molecule has 1 aliphatic rings. The summed E-state index contributed by atoms with van der Waals surface area (Å²) in [4.78, 5) is 0. The fourth-order valence-electron chi connectivity index (χ4n) is 2.18. The molecule has 2 atom stereocenters. The first-order valence-corrected chi connectivity index (χ1v) is 7.51. The molecule has 0 aromatic rings. The lowest BCUT2D eigenvalue weighted by atomic mass is 9.95. The second-order valence-electron chi connectivity index (χ2n) is 4.23. The van der Waals surface area contributed by atoms with Crippen LogP contribution in [0.1, 0.15) is 39.0 Å². The van der Waals surface area contributed by atoms with Crippen molar-refractivity contribution in [3.63, 3.8) is 0 Å². The number of ether oxygens (including phenoxy) is 1. The third kappa shape index (κ3) is 5.23. The van der Waals surface area contributed by atoms with Gasteiger partial charge in [-0.1, -0.05) is 19.8 Å². The summed E-state index contributed by atoms with van der Waals surface area (Å²) < 4.78 is 5.47. The van der Waals surface area contributed by atoms with E-state index in [1.165, 1.54) is 25.7 Å². The van der Waals surface area contributed by atoms with Gasteiger partial charge in [0.25, 0.3) is 0 Å². The molecular formula is C12H25NOS. The van der Waals surface area contributed by atoms with Crippen molar-refractivity contribution in [1.82, 2.24) is 5.32 Å². The van der Waals surface area contributed by atoms with Gasteiger partial charge in [0.15, 0.2) is 0 Å². The number of rotatable bonds is 7. The first-order chi connectivity index (χ1) is 7.38. The zero-order valence-corrected chi connectivity index (χ0v) is 10.9. The smallest absolute Gasteiger partial charge is 0.0591 e. The van der Waals surface area contributed by atoms with Crippen LogP contribution < -0.4 is 5.32 Å². The van der Waals surface area contributed by atoms with Crippen molar-refractivity contribution < 1.29 is 4.74 Å². The van der Waals surface area contributed by atoms with E-state index in [4.69, 9.17) is 4.74 Å². The molecule has 2 nitrogen and oxygen atoms in total. The van der Waals surface area contributed by atoms with Crippen LogP contribution in [0.2, 0.25) is 0 Å². The summed E-state index contributed by atoms with van der Waals surface area (Å²) in [5.74, 6) is 0. The van der Waals surface area contributed by atoms with E-state index in [1.54, 1.807) is 0 Å². The molecule has 0 saturated heterocycles. The van der Waals surface area contributed by atoms with E-state index in [2.05, 4.69) is 18.5 Å². The fourth-order valence-corrected chi connectivity index (χ4v) is 3.14. The fraction of sp³-hybridized carbons (Fsp3) is 1.00. The summed E-state index contributed by atoms with van der Waals surface area (Å²) in [7, 11) is 0. The highest BCUT2D eigenvalue weighted by atomic mass is 32.2. The minimum atomic E-state index is 0.721. The van der Waals surface area contributed by atoms with Crippen molar-refractivity contribution in [1.29, 1.82) is 0 Å². The Balaban J connectivity index is 2.07. The first-order valence-electron chi connectivity index (χ1n) is 6.22. The second-order valence-corrected chi connectivity index (χ2v) is 5.31. The van der Waals surface area contributed by atoms with Crippen LogP contribution >= 0.6 is 11.8 Å². The van der Waals surface area contributed by atoms with Crippen molar-refractivity contribution >= 4 is 11.8 Å². The van der Waals surface area contributed by atoms with Crippen LogP contribution in [0.5, 0.6) is 0 Å². The number of hydrogen-bond donors (Lipinski definition) is 1. The van der Waals surface area contributed by atoms with E-state index >= 15 is 0 Å². The molecule has 1 fully saturated rings. The number of thioether (sulfide) groups is 1. The lowest BCUT2D eigenvalue weighted by molar-refractivity contribution is 0.133. The molecular weight excluding hydrogens is 206 g/mol. The minimum absolute atomic E-state index is 0.721. The van der Waals surface area contributed by atoms with Crippen LogP contribution in [0.15, 0.2) is 0 Å². The van der Waals surface area contributed by atoms with Gasteiger partial charge in [-0.05, 0) is 25.5 Å². The van der Waals surface area contributed by atoms with Gasteiger partial charge < -0.3 is 10.1 Å². The lowest BCUT2D eigenvalue weighted by Crippen LogP contribution is -2.41. The molecule has 0 radical (unpaired) electrons. The van der Waals surface area contributed by atoms with Crippen LogP contribution in [-0.2, 0) is 4.74 Å². The molecule has 0 bridgehead atoms. The molecule has 0 aromatic heterocycles. The SMILES string of the molecule is CCCOCCNC1CCCCC1SC. The Hall–Kier alpha value is 0.270. The topological polar surface area (TPSA) is 21.3 Å². The van der Waals surface area contributed by atoms with Crippen LogP contribution in [0.25, 0.3) is 0 Å². The molecule has 1 saturated carbocycles. The van der Waals surface area contributed by atoms with E-state index in [0.29, 0.717) is 0 Å². The molecule has 1 N–H and O–H groups in total.